The highest BCUT2D eigenvalue weighted by Crippen LogP contribution is 2.46. The van der Waals surface area contributed by atoms with Gasteiger partial charge in [-0.25, -0.2) is 0 Å². The van der Waals surface area contributed by atoms with Gasteiger partial charge in [0.1, 0.15) is 5.92 Å². The first kappa shape index (κ1) is 20.1. The minimum Gasteiger partial charge on any atom is -0.469 e. The molecule has 0 aliphatic heterocycles. The number of rotatable bonds is 4. The van der Waals surface area contributed by atoms with Crippen molar-refractivity contribution in [2.45, 2.75) is 44.6 Å². The van der Waals surface area contributed by atoms with E-state index in [1.165, 1.54) is 21.1 Å². The van der Waals surface area contributed by atoms with Gasteiger partial charge in [0, 0.05) is 12.3 Å². The Kier molecular flexibility index (Phi) is 5.86. The van der Waals surface area contributed by atoms with Gasteiger partial charge in [-0.3, -0.25) is 14.4 Å². The zero-order chi connectivity index (χ0) is 19.6. The summed E-state index contributed by atoms with van der Waals surface area (Å²) in [5.74, 6) is -4.57. The van der Waals surface area contributed by atoms with Gasteiger partial charge in [-0.2, -0.15) is 0 Å². The van der Waals surface area contributed by atoms with E-state index >= 15 is 0 Å². The van der Waals surface area contributed by atoms with Crippen LogP contribution in [0.15, 0.2) is 24.3 Å². The summed E-state index contributed by atoms with van der Waals surface area (Å²) in [5, 5.41) is 10.8. The van der Waals surface area contributed by atoms with Crippen LogP contribution in [0.5, 0.6) is 0 Å². The molecule has 1 aliphatic carbocycles. The first-order valence-electron chi connectivity index (χ1n) is 8.64. The number of carbonyl (C=O) groups is 3. The van der Waals surface area contributed by atoms with Crippen molar-refractivity contribution < 1.29 is 29.0 Å². The third kappa shape index (κ3) is 3.65. The van der Waals surface area contributed by atoms with Gasteiger partial charge in [0.05, 0.1) is 25.7 Å². The number of carbonyl (C=O) groups excluding carboxylic acids is 3. The average molecular weight is 362 g/mol. The predicted molar refractivity (Wildman–Crippen MR) is 94.5 cm³/mol. The monoisotopic (exact) mass is 362 g/mol. The summed E-state index contributed by atoms with van der Waals surface area (Å²) in [4.78, 5) is 37.4. The molecule has 4 atom stereocenters. The van der Waals surface area contributed by atoms with Crippen molar-refractivity contribution in [1.82, 2.24) is 0 Å². The Morgan fingerprint density at radius 1 is 1.12 bits per heavy atom. The van der Waals surface area contributed by atoms with Gasteiger partial charge in [0.15, 0.2) is 5.78 Å². The van der Waals surface area contributed by atoms with E-state index in [-0.39, 0.29) is 6.42 Å². The van der Waals surface area contributed by atoms with Crippen LogP contribution in [0.2, 0.25) is 0 Å². The van der Waals surface area contributed by atoms with Crippen molar-refractivity contribution in [1.29, 1.82) is 0 Å². The summed E-state index contributed by atoms with van der Waals surface area (Å²) < 4.78 is 9.68. The Labute approximate surface area is 153 Å². The van der Waals surface area contributed by atoms with Crippen molar-refractivity contribution in [2.24, 2.45) is 11.8 Å². The summed E-state index contributed by atoms with van der Waals surface area (Å²) in [6.07, 6.45) is -0.312. The summed E-state index contributed by atoms with van der Waals surface area (Å²) in [6.45, 7) is 5.53. The molecule has 0 saturated heterocycles. The molecule has 0 radical (unpaired) electrons. The van der Waals surface area contributed by atoms with Crippen LogP contribution in [0.4, 0.5) is 0 Å². The number of ether oxygens (including phenoxy) is 2. The lowest BCUT2D eigenvalue weighted by atomic mass is 9.61. The SMILES string of the molecule is COC(=O)[C@@H]1C(=O)C[C@@](C)(O)[C@H](C(=O)OC)[C@@H]1c1ccc(C(C)C)cc1. The van der Waals surface area contributed by atoms with E-state index in [0.29, 0.717) is 11.5 Å². The molecular formula is C20H26O6. The second kappa shape index (κ2) is 7.58. The Bertz CT molecular complexity index is 689. The third-order valence-electron chi connectivity index (χ3n) is 5.17. The Morgan fingerprint density at radius 2 is 1.65 bits per heavy atom. The first-order chi connectivity index (χ1) is 12.1. The minimum absolute atomic E-state index is 0.312. The quantitative estimate of drug-likeness (QED) is 0.652. The van der Waals surface area contributed by atoms with E-state index < -0.39 is 41.1 Å². The van der Waals surface area contributed by atoms with Crippen molar-refractivity contribution in [3.63, 3.8) is 0 Å². The van der Waals surface area contributed by atoms with Crippen LogP contribution in [-0.4, -0.2) is 42.6 Å². The predicted octanol–water partition coefficient (Wildman–Crippen LogP) is 2.20. The second-order valence-electron chi connectivity index (χ2n) is 7.35. The van der Waals surface area contributed by atoms with E-state index in [9.17, 15) is 19.5 Å². The molecule has 0 bridgehead atoms. The molecule has 2 rings (SSSR count). The van der Waals surface area contributed by atoms with E-state index in [1.807, 2.05) is 12.1 Å². The van der Waals surface area contributed by atoms with Crippen molar-refractivity contribution >= 4 is 17.7 Å². The largest absolute Gasteiger partial charge is 0.469 e. The highest BCUT2D eigenvalue weighted by Gasteiger charge is 2.56. The molecule has 26 heavy (non-hydrogen) atoms. The van der Waals surface area contributed by atoms with Gasteiger partial charge in [-0.1, -0.05) is 38.1 Å². The number of esters is 2. The number of Topliss-reactive ketones (excluding diaryl/α,β-unsaturated/α-hetero) is 1. The minimum atomic E-state index is -1.61. The molecule has 1 aliphatic rings. The Morgan fingerprint density at radius 3 is 2.12 bits per heavy atom. The molecule has 1 aromatic rings. The normalized spacial score (nSPS) is 28.7. The van der Waals surface area contributed by atoms with Crippen LogP contribution in [0.25, 0.3) is 0 Å². The smallest absolute Gasteiger partial charge is 0.316 e. The molecule has 0 aromatic heterocycles. The first-order valence-corrected chi connectivity index (χ1v) is 8.64. The molecule has 1 fully saturated rings. The molecule has 1 saturated carbocycles. The molecule has 1 N–H and O–H groups in total. The van der Waals surface area contributed by atoms with E-state index in [1.54, 1.807) is 12.1 Å². The molecule has 6 heteroatoms. The maximum Gasteiger partial charge on any atom is 0.316 e. The maximum atomic E-state index is 12.6. The molecule has 0 spiro atoms. The molecule has 0 unspecified atom stereocenters. The highest BCUT2D eigenvalue weighted by atomic mass is 16.5. The summed E-state index contributed by atoms with van der Waals surface area (Å²) in [7, 11) is 2.43. The molecule has 6 nitrogen and oxygen atoms in total. The van der Waals surface area contributed by atoms with Crippen molar-refractivity contribution in [3.8, 4) is 0 Å². The van der Waals surface area contributed by atoms with Gasteiger partial charge < -0.3 is 14.6 Å². The van der Waals surface area contributed by atoms with Crippen molar-refractivity contribution in [3.05, 3.63) is 35.4 Å². The number of hydrogen-bond acceptors (Lipinski definition) is 6. The van der Waals surface area contributed by atoms with E-state index in [2.05, 4.69) is 13.8 Å². The van der Waals surface area contributed by atoms with E-state index in [4.69, 9.17) is 9.47 Å². The van der Waals surface area contributed by atoms with Gasteiger partial charge in [0.2, 0.25) is 0 Å². The van der Waals surface area contributed by atoms with Crippen LogP contribution in [0, 0.1) is 11.8 Å². The lowest BCUT2D eigenvalue weighted by Crippen LogP contribution is -2.55. The average Bonchev–Trinajstić information content (AvgIpc) is 2.59. The number of benzene rings is 1. The fourth-order valence-corrected chi connectivity index (χ4v) is 3.77. The standard InChI is InChI=1S/C20H26O6/c1-11(2)12-6-8-13(9-7-12)15-16(18(22)25-4)14(21)10-20(3,24)17(15)19(23)26-5/h6-9,11,15-17,24H,10H2,1-5H3/t15-,16-,17+,20-/m1/s1. The van der Waals surface area contributed by atoms with Crippen LogP contribution in [0.1, 0.15) is 50.2 Å². The number of ketones is 1. The molecule has 1 aromatic carbocycles. The van der Waals surface area contributed by atoms with Crippen LogP contribution in [0.3, 0.4) is 0 Å². The maximum absolute atomic E-state index is 12.6. The van der Waals surface area contributed by atoms with E-state index in [0.717, 1.165) is 5.56 Å². The van der Waals surface area contributed by atoms with Crippen molar-refractivity contribution in [2.75, 3.05) is 14.2 Å². The lowest BCUT2D eigenvalue weighted by Gasteiger charge is -2.43. The fourth-order valence-electron chi connectivity index (χ4n) is 3.77. The topological polar surface area (TPSA) is 89.9 Å². The van der Waals surface area contributed by atoms with Gasteiger partial charge in [0.25, 0.3) is 0 Å². The van der Waals surface area contributed by atoms with Crippen LogP contribution in [-0.2, 0) is 23.9 Å². The zero-order valence-corrected chi connectivity index (χ0v) is 15.8. The molecule has 142 valence electrons. The highest BCUT2D eigenvalue weighted by molar-refractivity contribution is 6.02. The molecule has 0 amide bonds. The lowest BCUT2D eigenvalue weighted by molar-refractivity contribution is -0.170. The summed E-state index contributed by atoms with van der Waals surface area (Å²) in [5.41, 5.74) is 0.0937. The number of aliphatic hydroxyl groups is 1. The third-order valence-corrected chi connectivity index (χ3v) is 5.17. The number of methoxy groups -OCH3 is 2. The summed E-state index contributed by atoms with van der Waals surface area (Å²) >= 11 is 0. The van der Waals surface area contributed by atoms with Crippen LogP contribution < -0.4 is 0 Å². The Balaban J connectivity index is 2.61. The van der Waals surface area contributed by atoms with Crippen LogP contribution >= 0.6 is 0 Å². The molecule has 0 heterocycles. The fraction of sp³-hybridized carbons (Fsp3) is 0.550. The van der Waals surface area contributed by atoms with Gasteiger partial charge in [-0.15, -0.1) is 0 Å². The Hall–Kier alpha value is -2.21. The second-order valence-corrected chi connectivity index (χ2v) is 7.35. The molecular weight excluding hydrogens is 336 g/mol. The summed E-state index contributed by atoms with van der Waals surface area (Å²) in [6, 6.07) is 7.38. The van der Waals surface area contributed by atoms with Gasteiger partial charge >= 0.3 is 11.9 Å². The zero-order valence-electron chi connectivity index (χ0n) is 15.8. The van der Waals surface area contributed by atoms with Gasteiger partial charge in [-0.05, 0) is 24.0 Å². The number of hydrogen-bond donors (Lipinski definition) is 1.